The summed E-state index contributed by atoms with van der Waals surface area (Å²) in [6.07, 6.45) is 2.63. The first-order valence-corrected chi connectivity index (χ1v) is 2.89. The molecule has 0 heterocycles. The molecule has 0 aliphatic carbocycles. The lowest BCUT2D eigenvalue weighted by molar-refractivity contribution is 0.188. The summed E-state index contributed by atoms with van der Waals surface area (Å²) in [4.78, 5) is 11.3. The molecule has 53 valence electrons. The molecule has 3 nitrogen and oxygen atoms in total. The van der Waals surface area contributed by atoms with E-state index in [1.807, 2.05) is 0 Å². The highest BCUT2D eigenvalue weighted by Gasteiger charge is 1.91. The largest absolute Gasteiger partial charge is 0.385 e. The van der Waals surface area contributed by atoms with Crippen molar-refractivity contribution in [2.45, 2.75) is 6.42 Å². The molecule has 1 radical (unpaired) electrons. The monoisotopic (exact) mass is 130 g/mol. The number of carbonyl (C=O) groups excluding carboxylic acids is 1. The highest BCUT2D eigenvalue weighted by molar-refractivity contribution is 5.47. The maximum atomic E-state index is 9.86. The first kappa shape index (κ1) is 8.43. The second kappa shape index (κ2) is 5.56. The quantitative estimate of drug-likeness (QED) is 0.388. The number of hydrogen-bond acceptors (Lipinski definition) is 2. The standard InChI is InChI=1S/C6H12NO2/c1-7(6-8)4-3-5-9-2/h3-5H2,1-2H3. The van der Waals surface area contributed by atoms with Crippen molar-refractivity contribution in [1.82, 2.24) is 4.90 Å². The first-order valence-electron chi connectivity index (χ1n) is 2.89. The molecule has 3 heteroatoms. The molecule has 0 aromatic rings. The Morgan fingerprint density at radius 2 is 2.33 bits per heavy atom. The van der Waals surface area contributed by atoms with E-state index in [-0.39, 0.29) is 0 Å². The Balaban J connectivity index is 2.96. The van der Waals surface area contributed by atoms with Gasteiger partial charge in [-0.15, -0.1) is 0 Å². The molecular formula is C6H12NO2. The Morgan fingerprint density at radius 3 is 2.78 bits per heavy atom. The summed E-state index contributed by atoms with van der Waals surface area (Å²) in [7, 11) is 3.34. The summed E-state index contributed by atoms with van der Waals surface area (Å²) in [6, 6.07) is 0. The van der Waals surface area contributed by atoms with Gasteiger partial charge in [0.1, 0.15) is 0 Å². The maximum Gasteiger partial charge on any atom is 0.311 e. The number of methoxy groups -OCH3 is 1. The third-order valence-corrected chi connectivity index (χ3v) is 0.998. The lowest BCUT2D eigenvalue weighted by Crippen LogP contribution is -2.18. The maximum absolute atomic E-state index is 9.86. The van der Waals surface area contributed by atoms with Gasteiger partial charge in [0.05, 0.1) is 0 Å². The van der Waals surface area contributed by atoms with Gasteiger partial charge in [0.25, 0.3) is 0 Å². The Morgan fingerprint density at radius 1 is 1.67 bits per heavy atom. The molecule has 0 aliphatic rings. The molecule has 0 atom stereocenters. The summed E-state index contributed by atoms with van der Waals surface area (Å²) < 4.78 is 4.78. The average molecular weight is 130 g/mol. The third kappa shape index (κ3) is 5.30. The minimum atomic E-state index is 0.700. The zero-order valence-electron chi connectivity index (χ0n) is 5.89. The van der Waals surface area contributed by atoms with Gasteiger partial charge in [-0.05, 0) is 6.42 Å². The molecule has 1 amide bonds. The lowest BCUT2D eigenvalue weighted by atomic mass is 10.4. The molecule has 0 aromatic heterocycles. The smallest absolute Gasteiger partial charge is 0.311 e. The van der Waals surface area contributed by atoms with Gasteiger partial charge in [-0.1, -0.05) is 0 Å². The fourth-order valence-corrected chi connectivity index (χ4v) is 0.492. The lowest BCUT2D eigenvalue weighted by Gasteiger charge is -2.06. The number of rotatable bonds is 5. The van der Waals surface area contributed by atoms with Crippen molar-refractivity contribution in [1.29, 1.82) is 0 Å². The molecule has 0 saturated heterocycles. The van der Waals surface area contributed by atoms with Crippen LogP contribution in [0.15, 0.2) is 0 Å². The van der Waals surface area contributed by atoms with Crippen LogP contribution in [0.25, 0.3) is 0 Å². The van der Waals surface area contributed by atoms with Crippen LogP contribution in [0.1, 0.15) is 6.42 Å². The molecule has 9 heavy (non-hydrogen) atoms. The zero-order chi connectivity index (χ0) is 7.11. The van der Waals surface area contributed by atoms with E-state index >= 15 is 0 Å². The van der Waals surface area contributed by atoms with Gasteiger partial charge in [0.15, 0.2) is 0 Å². The number of hydrogen-bond donors (Lipinski definition) is 0. The summed E-state index contributed by atoms with van der Waals surface area (Å²) in [5, 5.41) is 0. The van der Waals surface area contributed by atoms with Crippen molar-refractivity contribution in [2.75, 3.05) is 27.3 Å². The second-order valence-corrected chi connectivity index (χ2v) is 1.86. The van der Waals surface area contributed by atoms with E-state index in [1.165, 1.54) is 4.90 Å². The third-order valence-electron chi connectivity index (χ3n) is 0.998. The summed E-state index contributed by atoms with van der Waals surface area (Å²) in [6.45, 7) is 1.42. The van der Waals surface area contributed by atoms with Gasteiger partial charge in [0.2, 0.25) is 0 Å². The summed E-state index contributed by atoms with van der Waals surface area (Å²) in [5.41, 5.74) is 0. The predicted molar refractivity (Wildman–Crippen MR) is 34.8 cm³/mol. The van der Waals surface area contributed by atoms with E-state index in [4.69, 9.17) is 4.74 Å². The van der Waals surface area contributed by atoms with Gasteiger partial charge in [-0.25, -0.2) is 0 Å². The zero-order valence-corrected chi connectivity index (χ0v) is 5.89. The number of amides is 1. The van der Waals surface area contributed by atoms with Crippen LogP contribution in [0, 0.1) is 0 Å². The minimum absolute atomic E-state index is 0.700. The topological polar surface area (TPSA) is 29.5 Å². The highest BCUT2D eigenvalue weighted by atomic mass is 16.5. The first-order chi connectivity index (χ1) is 4.31. The SMILES string of the molecule is COCCCN(C)[C]=O. The van der Waals surface area contributed by atoms with Gasteiger partial charge in [0, 0.05) is 27.3 Å². The van der Waals surface area contributed by atoms with Crippen LogP contribution in [-0.4, -0.2) is 38.6 Å². The van der Waals surface area contributed by atoms with Crippen molar-refractivity contribution >= 4 is 6.41 Å². The van der Waals surface area contributed by atoms with E-state index in [1.54, 1.807) is 20.6 Å². The number of nitrogens with zero attached hydrogens (tertiary/aromatic N) is 1. The highest BCUT2D eigenvalue weighted by Crippen LogP contribution is 1.82. The minimum Gasteiger partial charge on any atom is -0.385 e. The van der Waals surface area contributed by atoms with Crippen molar-refractivity contribution in [3.63, 3.8) is 0 Å². The normalized spacial score (nSPS) is 9.11. The molecule has 0 N–H and O–H groups in total. The average Bonchev–Trinajstić information content (AvgIpc) is 1.89. The van der Waals surface area contributed by atoms with Gasteiger partial charge < -0.3 is 9.64 Å². The summed E-state index contributed by atoms with van der Waals surface area (Å²) in [5.74, 6) is 0. The van der Waals surface area contributed by atoms with Crippen molar-refractivity contribution < 1.29 is 9.53 Å². The second-order valence-electron chi connectivity index (χ2n) is 1.86. The van der Waals surface area contributed by atoms with Crippen LogP contribution in [0.4, 0.5) is 0 Å². The van der Waals surface area contributed by atoms with Crippen LogP contribution in [-0.2, 0) is 9.53 Å². The van der Waals surface area contributed by atoms with Gasteiger partial charge in [-0.3, -0.25) is 4.79 Å². The molecule has 0 spiro atoms. The molecule has 0 saturated carbocycles. The molecule has 0 bridgehead atoms. The van der Waals surface area contributed by atoms with Gasteiger partial charge >= 0.3 is 6.41 Å². The Kier molecular flexibility index (Phi) is 5.21. The fourth-order valence-electron chi connectivity index (χ4n) is 0.492. The fraction of sp³-hybridized carbons (Fsp3) is 0.833. The van der Waals surface area contributed by atoms with Crippen molar-refractivity contribution in [3.8, 4) is 0 Å². The Bertz CT molecular complexity index is 75.5. The van der Waals surface area contributed by atoms with Crippen LogP contribution in [0.2, 0.25) is 0 Å². The predicted octanol–water partition coefficient (Wildman–Crippen LogP) is 0.0219. The van der Waals surface area contributed by atoms with Crippen molar-refractivity contribution in [3.05, 3.63) is 0 Å². The molecule has 0 unspecified atom stereocenters. The molecule has 0 aromatic carbocycles. The Labute approximate surface area is 55.6 Å². The van der Waals surface area contributed by atoms with Gasteiger partial charge in [-0.2, -0.15) is 0 Å². The number of ether oxygens (including phenoxy) is 1. The van der Waals surface area contributed by atoms with Crippen LogP contribution in [0.3, 0.4) is 0 Å². The molecule has 0 fully saturated rings. The van der Waals surface area contributed by atoms with Crippen LogP contribution >= 0.6 is 0 Å². The van der Waals surface area contributed by atoms with E-state index in [0.717, 1.165) is 13.0 Å². The molecule has 0 aliphatic heterocycles. The van der Waals surface area contributed by atoms with E-state index in [0.29, 0.717) is 6.61 Å². The van der Waals surface area contributed by atoms with E-state index in [2.05, 4.69) is 0 Å². The molecule has 0 rings (SSSR count). The van der Waals surface area contributed by atoms with E-state index < -0.39 is 0 Å². The van der Waals surface area contributed by atoms with E-state index in [9.17, 15) is 4.79 Å². The Hall–Kier alpha value is -0.570. The van der Waals surface area contributed by atoms with Crippen molar-refractivity contribution in [2.24, 2.45) is 0 Å². The van der Waals surface area contributed by atoms with Crippen LogP contribution < -0.4 is 0 Å². The summed E-state index contributed by atoms with van der Waals surface area (Å²) >= 11 is 0. The van der Waals surface area contributed by atoms with Crippen LogP contribution in [0.5, 0.6) is 0 Å². The molecular weight excluding hydrogens is 118 g/mol.